The van der Waals surface area contributed by atoms with E-state index in [9.17, 15) is 24.6 Å². The molecule has 0 saturated heterocycles. The number of phenolic OH excluding ortho intramolecular Hbond substituents is 2. The van der Waals surface area contributed by atoms with Crippen LogP contribution in [-0.2, 0) is 9.53 Å². The zero-order valence-corrected chi connectivity index (χ0v) is 14.5. The van der Waals surface area contributed by atoms with Gasteiger partial charge in [0, 0.05) is 12.0 Å². The highest BCUT2D eigenvalue weighted by Gasteiger charge is 2.35. The minimum Gasteiger partial charge on any atom is -0.507 e. The van der Waals surface area contributed by atoms with Crippen molar-refractivity contribution in [3.8, 4) is 11.5 Å². The minimum absolute atomic E-state index is 0.0747. The highest BCUT2D eigenvalue weighted by molar-refractivity contribution is 6.27. The molecule has 0 fully saturated rings. The van der Waals surface area contributed by atoms with Gasteiger partial charge < -0.3 is 14.9 Å². The Morgan fingerprint density at radius 1 is 1.20 bits per heavy atom. The largest absolute Gasteiger partial charge is 0.507 e. The third-order valence-electron chi connectivity index (χ3n) is 3.65. The van der Waals surface area contributed by atoms with Gasteiger partial charge >= 0.3 is 5.97 Å². The van der Waals surface area contributed by atoms with Gasteiger partial charge in [0.1, 0.15) is 23.5 Å². The smallest absolute Gasteiger partial charge is 0.321 e. The molecule has 25 heavy (non-hydrogen) atoms. The quantitative estimate of drug-likeness (QED) is 0.360. The average Bonchev–Trinajstić information content (AvgIpc) is 2.56. The van der Waals surface area contributed by atoms with Crippen molar-refractivity contribution in [2.45, 2.75) is 26.4 Å². The van der Waals surface area contributed by atoms with Crippen LogP contribution in [0, 0.1) is 0 Å². The first-order valence-corrected chi connectivity index (χ1v) is 8.04. The Kier molecular flexibility index (Phi) is 5.64. The van der Waals surface area contributed by atoms with Crippen molar-refractivity contribution in [2.75, 3.05) is 5.88 Å². The fourth-order valence-corrected chi connectivity index (χ4v) is 2.56. The first-order chi connectivity index (χ1) is 11.8. The molecule has 2 N–H and O–H groups in total. The van der Waals surface area contributed by atoms with Crippen molar-refractivity contribution in [2.24, 2.45) is 0 Å². The molecule has 0 amide bonds. The van der Waals surface area contributed by atoms with Crippen LogP contribution in [0.3, 0.4) is 0 Å². The average molecular weight is 365 g/mol. The number of carbonyl (C=O) groups excluding carboxylic acids is 3. The molecule has 1 atom stereocenters. The van der Waals surface area contributed by atoms with E-state index >= 15 is 0 Å². The summed E-state index contributed by atoms with van der Waals surface area (Å²) in [5, 5.41) is 19.8. The molecule has 0 unspecified atom stereocenters. The number of halogens is 1. The zero-order chi connectivity index (χ0) is 18.7. The summed E-state index contributed by atoms with van der Waals surface area (Å²) in [4.78, 5) is 36.7. The van der Waals surface area contributed by atoms with Gasteiger partial charge in [-0.1, -0.05) is 11.6 Å². The van der Waals surface area contributed by atoms with Crippen molar-refractivity contribution in [1.29, 1.82) is 0 Å². The van der Waals surface area contributed by atoms with Crippen LogP contribution in [0.1, 0.15) is 41.0 Å². The van der Waals surface area contributed by atoms with E-state index in [2.05, 4.69) is 0 Å². The van der Waals surface area contributed by atoms with Crippen LogP contribution in [0.4, 0.5) is 0 Å². The second-order valence-electron chi connectivity index (χ2n) is 5.78. The first-order valence-electron chi connectivity index (χ1n) is 7.50. The van der Waals surface area contributed by atoms with Crippen molar-refractivity contribution < 1.29 is 29.3 Å². The van der Waals surface area contributed by atoms with E-state index in [1.165, 1.54) is 0 Å². The minimum atomic E-state index is -1.02. The van der Waals surface area contributed by atoms with Gasteiger partial charge in [0.2, 0.25) is 0 Å². The normalized spacial score (nSPS) is 14.4. The van der Waals surface area contributed by atoms with Gasteiger partial charge in [-0.2, -0.15) is 0 Å². The summed E-state index contributed by atoms with van der Waals surface area (Å²) in [7, 11) is 0. The molecule has 1 aliphatic rings. The lowest BCUT2D eigenvalue weighted by Crippen LogP contribution is -2.29. The molecule has 0 radical (unpaired) electrons. The number of carbonyl (C=O) groups is 3. The summed E-state index contributed by atoms with van der Waals surface area (Å²) in [6.45, 7) is 3.67. The summed E-state index contributed by atoms with van der Waals surface area (Å²) >= 11 is 5.46. The number of hydrogen-bond acceptors (Lipinski definition) is 6. The number of hydrogen-bond donors (Lipinski definition) is 2. The lowest BCUT2D eigenvalue weighted by molar-refractivity contribution is -0.143. The summed E-state index contributed by atoms with van der Waals surface area (Å²) < 4.78 is 5.19. The van der Waals surface area contributed by atoms with E-state index in [0.29, 0.717) is 0 Å². The van der Waals surface area contributed by atoms with Crippen LogP contribution >= 0.6 is 11.6 Å². The maximum Gasteiger partial charge on any atom is 0.321 e. The molecular weight excluding hydrogens is 348 g/mol. The van der Waals surface area contributed by atoms with Gasteiger partial charge in [-0.15, -0.1) is 11.6 Å². The van der Waals surface area contributed by atoms with E-state index in [1.807, 2.05) is 13.8 Å². The number of fused-ring (bicyclic) bond motifs is 1. The Labute approximate surface area is 149 Å². The standard InChI is InChI=1S/C18H17ClO6/c1-9(2)3-6-14(25-15(23)8-19)10-7-13(22)16-11(20)4-5-12(21)17(16)18(10)24/h3-5,7,14,20-21H,6,8H2,1-2H3/t14-/m1/s1. The number of ketones is 2. The number of Topliss-reactive ketones (excluding diaryl/α,β-unsaturated/α-hetero) is 1. The fourth-order valence-electron chi connectivity index (χ4n) is 2.49. The number of esters is 1. The van der Waals surface area contributed by atoms with Crippen molar-refractivity contribution in [3.05, 3.63) is 46.6 Å². The number of allylic oxidation sites excluding steroid dienone is 2. The topological polar surface area (TPSA) is 101 Å². The van der Waals surface area contributed by atoms with Crippen LogP contribution < -0.4 is 0 Å². The number of benzene rings is 1. The summed E-state index contributed by atoms with van der Waals surface area (Å²) in [6, 6.07) is 2.25. The number of aromatic hydroxyl groups is 2. The number of phenols is 2. The molecule has 2 rings (SSSR count). The van der Waals surface area contributed by atoms with E-state index < -0.39 is 41.0 Å². The molecule has 0 bridgehead atoms. The summed E-state index contributed by atoms with van der Waals surface area (Å²) in [6.07, 6.45) is 1.93. The molecule has 1 aliphatic carbocycles. The molecular formula is C18H17ClO6. The Morgan fingerprint density at radius 2 is 1.80 bits per heavy atom. The maximum absolute atomic E-state index is 12.8. The predicted octanol–water partition coefficient (Wildman–Crippen LogP) is 2.91. The monoisotopic (exact) mass is 364 g/mol. The molecule has 0 aliphatic heterocycles. The van der Waals surface area contributed by atoms with Gasteiger partial charge in [0.25, 0.3) is 0 Å². The number of rotatable bonds is 5. The SMILES string of the molecule is CC(C)=CC[C@@H](OC(=O)CCl)C1=CC(=O)c2c(O)ccc(O)c2C1=O. The molecule has 132 valence electrons. The van der Waals surface area contributed by atoms with Crippen molar-refractivity contribution in [1.82, 2.24) is 0 Å². The molecule has 7 heteroatoms. The van der Waals surface area contributed by atoms with Crippen molar-refractivity contribution in [3.63, 3.8) is 0 Å². The molecule has 0 aromatic heterocycles. The highest BCUT2D eigenvalue weighted by Crippen LogP contribution is 2.36. The summed E-state index contributed by atoms with van der Waals surface area (Å²) in [5.41, 5.74) is 0.294. The lowest BCUT2D eigenvalue weighted by Gasteiger charge is -2.23. The predicted molar refractivity (Wildman–Crippen MR) is 91.2 cm³/mol. The van der Waals surface area contributed by atoms with Crippen LogP contribution in [-0.4, -0.2) is 39.7 Å². The second-order valence-corrected chi connectivity index (χ2v) is 6.04. The molecule has 6 nitrogen and oxygen atoms in total. The third-order valence-corrected chi connectivity index (χ3v) is 3.87. The van der Waals surface area contributed by atoms with E-state index in [1.54, 1.807) is 6.08 Å². The number of ether oxygens (including phenoxy) is 1. The highest BCUT2D eigenvalue weighted by atomic mass is 35.5. The van der Waals surface area contributed by atoms with Crippen LogP contribution in [0.5, 0.6) is 11.5 Å². The maximum atomic E-state index is 12.8. The third kappa shape index (κ3) is 3.91. The fraction of sp³-hybridized carbons (Fsp3) is 0.278. The van der Waals surface area contributed by atoms with Crippen LogP contribution in [0.2, 0.25) is 0 Å². The zero-order valence-electron chi connectivity index (χ0n) is 13.7. The van der Waals surface area contributed by atoms with E-state index in [4.69, 9.17) is 16.3 Å². The first kappa shape index (κ1) is 18.7. The molecule has 1 aromatic rings. The molecule has 0 heterocycles. The van der Waals surface area contributed by atoms with Gasteiger partial charge in [0.15, 0.2) is 11.6 Å². The lowest BCUT2D eigenvalue weighted by atomic mass is 9.85. The molecule has 0 spiro atoms. The number of alkyl halides is 1. The van der Waals surface area contributed by atoms with Gasteiger partial charge in [-0.25, -0.2) is 0 Å². The molecule has 0 saturated carbocycles. The van der Waals surface area contributed by atoms with E-state index in [0.717, 1.165) is 23.8 Å². The van der Waals surface area contributed by atoms with Gasteiger partial charge in [0.05, 0.1) is 11.1 Å². The Bertz CT molecular complexity index is 802. The Hall–Kier alpha value is -2.60. The van der Waals surface area contributed by atoms with E-state index in [-0.39, 0.29) is 23.1 Å². The second kappa shape index (κ2) is 7.53. The van der Waals surface area contributed by atoms with Crippen LogP contribution in [0.15, 0.2) is 35.4 Å². The van der Waals surface area contributed by atoms with Crippen LogP contribution in [0.25, 0.3) is 0 Å². The Morgan fingerprint density at radius 3 is 2.36 bits per heavy atom. The Balaban J connectivity index is 2.50. The van der Waals surface area contributed by atoms with Crippen molar-refractivity contribution >= 4 is 29.1 Å². The van der Waals surface area contributed by atoms with Gasteiger partial charge in [-0.3, -0.25) is 14.4 Å². The summed E-state index contributed by atoms with van der Waals surface area (Å²) in [5.74, 6) is -3.30. The van der Waals surface area contributed by atoms with Gasteiger partial charge in [-0.05, 0) is 32.1 Å². The molecule has 1 aromatic carbocycles.